The number of carbonyl (C=O) groups excluding carboxylic acids is 4. The van der Waals surface area contributed by atoms with Crippen molar-refractivity contribution in [1.29, 1.82) is 0 Å². The summed E-state index contributed by atoms with van der Waals surface area (Å²) < 4.78 is 10.9. The van der Waals surface area contributed by atoms with Crippen molar-refractivity contribution in [2.45, 2.75) is 62.6 Å². The lowest BCUT2D eigenvalue weighted by molar-refractivity contribution is -0.147. The monoisotopic (exact) mass is 651 g/mol. The van der Waals surface area contributed by atoms with Crippen LogP contribution < -0.4 is 10.6 Å². The van der Waals surface area contributed by atoms with E-state index in [0.29, 0.717) is 18.1 Å². The average Bonchev–Trinajstić information content (AvgIpc) is 3.56. The summed E-state index contributed by atoms with van der Waals surface area (Å²) in [5.74, 6) is -0.777. The van der Waals surface area contributed by atoms with Crippen LogP contribution in [0.1, 0.15) is 43.2 Å². The maximum absolute atomic E-state index is 13.5. The van der Waals surface area contributed by atoms with Crippen LogP contribution in [0, 0.1) is 5.92 Å². The SMILES string of the molecule is C=CCC(CC(=O)N1CCCC1CO)C(=O)NC(COC(=O)C(CC=C)NC(=O)OCc1ccccc1)CSCc1ccccc1. The number of ether oxygens (including phenoxy) is 2. The summed E-state index contributed by atoms with van der Waals surface area (Å²) in [6, 6.07) is 17.2. The largest absolute Gasteiger partial charge is 0.462 e. The molecule has 3 rings (SSSR count). The molecule has 3 N–H and O–H groups in total. The van der Waals surface area contributed by atoms with E-state index < -0.39 is 30.1 Å². The molecule has 0 spiro atoms. The van der Waals surface area contributed by atoms with Crippen molar-refractivity contribution in [2.75, 3.05) is 25.5 Å². The number of alkyl carbamates (subject to hydrolysis) is 1. The summed E-state index contributed by atoms with van der Waals surface area (Å²) in [5, 5.41) is 15.2. The molecule has 2 aromatic carbocycles. The summed E-state index contributed by atoms with van der Waals surface area (Å²) >= 11 is 1.57. The number of aliphatic hydroxyl groups excluding tert-OH is 1. The van der Waals surface area contributed by atoms with Crippen LogP contribution in [0.5, 0.6) is 0 Å². The molecule has 1 aliphatic heterocycles. The van der Waals surface area contributed by atoms with Crippen molar-refractivity contribution in [3.63, 3.8) is 0 Å². The molecule has 0 aliphatic carbocycles. The van der Waals surface area contributed by atoms with E-state index in [0.717, 1.165) is 24.0 Å². The Morgan fingerprint density at radius 3 is 2.28 bits per heavy atom. The molecule has 4 unspecified atom stereocenters. The quantitative estimate of drug-likeness (QED) is 0.151. The zero-order valence-electron chi connectivity index (χ0n) is 26.2. The third-order valence-corrected chi connectivity index (χ3v) is 8.72. The van der Waals surface area contributed by atoms with Gasteiger partial charge in [0.1, 0.15) is 19.3 Å². The van der Waals surface area contributed by atoms with Gasteiger partial charge in [-0.2, -0.15) is 11.8 Å². The van der Waals surface area contributed by atoms with Gasteiger partial charge in [-0.15, -0.1) is 13.2 Å². The Morgan fingerprint density at radius 1 is 0.957 bits per heavy atom. The number of aliphatic hydroxyl groups is 1. The zero-order valence-corrected chi connectivity index (χ0v) is 27.0. The normalized spacial score (nSPS) is 16.0. The maximum atomic E-state index is 13.5. The third kappa shape index (κ3) is 12.4. The Morgan fingerprint density at radius 2 is 1.63 bits per heavy atom. The molecule has 1 fully saturated rings. The van der Waals surface area contributed by atoms with Gasteiger partial charge < -0.3 is 30.1 Å². The second-order valence-electron chi connectivity index (χ2n) is 11.1. The Balaban J connectivity index is 1.62. The van der Waals surface area contributed by atoms with E-state index in [4.69, 9.17) is 9.47 Å². The lowest BCUT2D eigenvalue weighted by atomic mass is 9.98. The van der Waals surface area contributed by atoms with Gasteiger partial charge in [0, 0.05) is 24.5 Å². The van der Waals surface area contributed by atoms with E-state index in [1.165, 1.54) is 6.08 Å². The van der Waals surface area contributed by atoms with Crippen LogP contribution in [0.4, 0.5) is 4.79 Å². The summed E-state index contributed by atoms with van der Waals surface area (Å²) in [4.78, 5) is 53.7. The molecule has 4 atom stereocenters. The minimum atomic E-state index is -1.03. The molecule has 1 heterocycles. The van der Waals surface area contributed by atoms with Gasteiger partial charge in [-0.05, 0) is 36.8 Å². The van der Waals surface area contributed by atoms with Gasteiger partial charge in [-0.25, -0.2) is 9.59 Å². The number of nitrogens with one attached hydrogen (secondary N) is 2. The molecule has 0 radical (unpaired) electrons. The first-order chi connectivity index (χ1) is 22.3. The molecule has 11 heteroatoms. The van der Waals surface area contributed by atoms with Crippen LogP contribution in [0.25, 0.3) is 0 Å². The van der Waals surface area contributed by atoms with Gasteiger partial charge in [0.05, 0.1) is 24.6 Å². The number of hydrogen-bond acceptors (Lipinski definition) is 8. The van der Waals surface area contributed by atoms with E-state index in [1.54, 1.807) is 22.7 Å². The molecular formula is C35H45N3O7S. The maximum Gasteiger partial charge on any atom is 0.408 e. The fraction of sp³-hybridized carbons (Fsp3) is 0.429. The smallest absolute Gasteiger partial charge is 0.408 e. The molecule has 46 heavy (non-hydrogen) atoms. The first kappa shape index (κ1) is 36.4. The number of carbonyl (C=O) groups is 4. The van der Waals surface area contributed by atoms with E-state index in [2.05, 4.69) is 23.8 Å². The van der Waals surface area contributed by atoms with Crippen LogP contribution >= 0.6 is 11.8 Å². The molecule has 248 valence electrons. The molecule has 3 amide bonds. The van der Waals surface area contributed by atoms with Gasteiger partial charge in [-0.1, -0.05) is 72.8 Å². The molecule has 10 nitrogen and oxygen atoms in total. The van der Waals surface area contributed by atoms with E-state index in [-0.39, 0.29) is 56.9 Å². The van der Waals surface area contributed by atoms with Crippen molar-refractivity contribution in [1.82, 2.24) is 15.5 Å². The van der Waals surface area contributed by atoms with Crippen LogP contribution in [0.3, 0.4) is 0 Å². The molecule has 1 aliphatic rings. The lowest BCUT2D eigenvalue weighted by Crippen LogP contribution is -2.47. The predicted octanol–water partition coefficient (Wildman–Crippen LogP) is 4.38. The number of amides is 3. The van der Waals surface area contributed by atoms with Crippen LogP contribution in [0.15, 0.2) is 86.0 Å². The summed E-state index contributed by atoms with van der Waals surface area (Å²) in [7, 11) is 0. The van der Waals surface area contributed by atoms with Crippen molar-refractivity contribution in [2.24, 2.45) is 5.92 Å². The number of rotatable bonds is 19. The average molecular weight is 652 g/mol. The molecular weight excluding hydrogens is 606 g/mol. The highest BCUT2D eigenvalue weighted by Crippen LogP contribution is 2.21. The fourth-order valence-electron chi connectivity index (χ4n) is 5.08. The minimum absolute atomic E-state index is 0.0194. The number of likely N-dealkylation sites (tertiary alicyclic amines) is 1. The highest BCUT2D eigenvalue weighted by atomic mass is 32.2. The van der Waals surface area contributed by atoms with Crippen molar-refractivity contribution in [3.8, 4) is 0 Å². The zero-order chi connectivity index (χ0) is 33.1. The van der Waals surface area contributed by atoms with Gasteiger partial charge in [0.2, 0.25) is 11.8 Å². The Labute approximate surface area is 275 Å². The number of nitrogens with zero attached hydrogens (tertiary/aromatic N) is 1. The standard InChI is InChI=1S/C35H45N3O7S/c1-3-12-28(20-32(40)38-19-11-18-30(38)21-39)33(41)36-29(25-46-24-27-16-9-6-10-17-27)23-44-34(42)31(13-4-2)37-35(43)45-22-26-14-7-5-8-15-26/h3-10,14-17,28-31,39H,1-2,11-13,18-25H2,(H,36,41)(H,37,43). The minimum Gasteiger partial charge on any atom is -0.462 e. The molecule has 1 saturated heterocycles. The second kappa shape index (κ2) is 20.1. The van der Waals surface area contributed by atoms with Gasteiger partial charge in [0.25, 0.3) is 0 Å². The third-order valence-electron chi connectivity index (χ3n) is 7.55. The van der Waals surface area contributed by atoms with E-state index in [1.807, 2.05) is 60.7 Å². The van der Waals surface area contributed by atoms with E-state index in [9.17, 15) is 24.3 Å². The van der Waals surface area contributed by atoms with Crippen molar-refractivity contribution < 1.29 is 33.8 Å². The molecule has 0 saturated carbocycles. The van der Waals surface area contributed by atoms with Gasteiger partial charge >= 0.3 is 12.1 Å². The summed E-state index contributed by atoms with van der Waals surface area (Å²) in [5.41, 5.74) is 1.91. The molecule has 0 aromatic heterocycles. The summed E-state index contributed by atoms with van der Waals surface area (Å²) in [6.45, 7) is 7.78. The Bertz CT molecular complexity index is 1280. The van der Waals surface area contributed by atoms with Crippen LogP contribution in [-0.4, -0.2) is 77.5 Å². The highest BCUT2D eigenvalue weighted by Gasteiger charge is 2.32. The van der Waals surface area contributed by atoms with Gasteiger partial charge in [0.15, 0.2) is 0 Å². The van der Waals surface area contributed by atoms with Gasteiger partial charge in [-0.3, -0.25) is 9.59 Å². The molecule has 2 aromatic rings. The van der Waals surface area contributed by atoms with Crippen LogP contribution in [-0.2, 0) is 36.2 Å². The van der Waals surface area contributed by atoms with Crippen molar-refractivity contribution in [3.05, 3.63) is 97.1 Å². The predicted molar refractivity (Wildman–Crippen MR) is 179 cm³/mol. The summed E-state index contributed by atoms with van der Waals surface area (Å²) in [6.07, 6.45) is 4.27. The van der Waals surface area contributed by atoms with E-state index >= 15 is 0 Å². The Kier molecular flexibility index (Phi) is 15.9. The van der Waals surface area contributed by atoms with Crippen molar-refractivity contribution >= 4 is 35.6 Å². The highest BCUT2D eigenvalue weighted by molar-refractivity contribution is 7.98. The topological polar surface area (TPSA) is 134 Å². The lowest BCUT2D eigenvalue weighted by Gasteiger charge is -2.26. The first-order valence-electron chi connectivity index (χ1n) is 15.5. The van der Waals surface area contributed by atoms with Crippen LogP contribution in [0.2, 0.25) is 0 Å². The molecule has 0 bridgehead atoms. The number of benzene rings is 2. The fourth-order valence-corrected chi connectivity index (χ4v) is 6.09. The Hall–Kier alpha value is -4.09. The first-order valence-corrected chi connectivity index (χ1v) is 16.7. The number of hydrogen-bond donors (Lipinski definition) is 3. The number of allylic oxidation sites excluding steroid dienone is 1. The second-order valence-corrected chi connectivity index (χ2v) is 12.1. The number of esters is 1. The number of thioether (sulfide) groups is 1.